The number of carbonyl (C=O) groups is 2. The summed E-state index contributed by atoms with van der Waals surface area (Å²) < 4.78 is 32.4. The fourth-order valence-electron chi connectivity index (χ4n) is 2.73. The first-order chi connectivity index (χ1) is 13.3. The highest BCUT2D eigenvalue weighted by molar-refractivity contribution is 7.89. The predicted octanol–water partition coefficient (Wildman–Crippen LogP) is 2.62. The van der Waals surface area contributed by atoms with E-state index in [9.17, 15) is 18.0 Å². The highest BCUT2D eigenvalue weighted by Gasteiger charge is 2.33. The second-order valence-electron chi connectivity index (χ2n) is 8.38. The van der Waals surface area contributed by atoms with Crippen molar-refractivity contribution in [2.24, 2.45) is 5.92 Å². The molecule has 1 aromatic rings. The Morgan fingerprint density at radius 2 is 1.90 bits per heavy atom. The van der Waals surface area contributed by atoms with Gasteiger partial charge in [0.1, 0.15) is 5.60 Å². The molecule has 0 radical (unpaired) electrons. The van der Waals surface area contributed by atoms with Crippen molar-refractivity contribution < 1.29 is 22.7 Å². The maximum atomic E-state index is 12.5. The van der Waals surface area contributed by atoms with E-state index >= 15 is 0 Å². The molecule has 0 spiro atoms. The van der Waals surface area contributed by atoms with E-state index in [1.165, 1.54) is 18.2 Å². The van der Waals surface area contributed by atoms with Crippen molar-refractivity contribution in [2.45, 2.75) is 51.2 Å². The molecule has 1 aliphatic heterocycles. The zero-order valence-electron chi connectivity index (χ0n) is 17.3. The predicted molar refractivity (Wildman–Crippen MR) is 111 cm³/mol. The van der Waals surface area contributed by atoms with Crippen LogP contribution in [0.2, 0.25) is 5.02 Å². The van der Waals surface area contributed by atoms with Gasteiger partial charge in [0.25, 0.3) is 5.91 Å². The van der Waals surface area contributed by atoms with Crippen LogP contribution in [0.15, 0.2) is 23.1 Å². The molecule has 0 bridgehead atoms. The van der Waals surface area contributed by atoms with Gasteiger partial charge in [-0.15, -0.1) is 0 Å². The highest BCUT2D eigenvalue weighted by Crippen LogP contribution is 2.22. The molecule has 1 aliphatic rings. The number of hydrogen-bond donors (Lipinski definition) is 2. The zero-order valence-corrected chi connectivity index (χ0v) is 18.9. The van der Waals surface area contributed by atoms with Gasteiger partial charge in [0.15, 0.2) is 0 Å². The summed E-state index contributed by atoms with van der Waals surface area (Å²) in [6.07, 6.45) is -0.376. The first-order valence-electron chi connectivity index (χ1n) is 9.36. The maximum absolute atomic E-state index is 12.5. The van der Waals surface area contributed by atoms with Gasteiger partial charge >= 0.3 is 6.09 Å². The summed E-state index contributed by atoms with van der Waals surface area (Å²) in [5.74, 6) is -0.368. The van der Waals surface area contributed by atoms with E-state index in [1.54, 1.807) is 39.5 Å². The van der Waals surface area contributed by atoms with Crippen LogP contribution >= 0.6 is 11.6 Å². The number of carbonyl (C=O) groups excluding carboxylic acids is 2. The van der Waals surface area contributed by atoms with Crippen LogP contribution in [0.5, 0.6) is 0 Å². The average molecular weight is 446 g/mol. The number of rotatable bonds is 6. The number of halogens is 1. The van der Waals surface area contributed by atoms with Crippen molar-refractivity contribution in [3.63, 3.8) is 0 Å². The summed E-state index contributed by atoms with van der Waals surface area (Å²) in [5, 5.41) is 2.91. The lowest BCUT2D eigenvalue weighted by Crippen LogP contribution is -2.54. The third-order valence-corrected chi connectivity index (χ3v) is 6.03. The third-order valence-electron chi connectivity index (χ3n) is 4.04. The van der Waals surface area contributed by atoms with E-state index in [0.717, 1.165) is 0 Å². The molecule has 0 unspecified atom stereocenters. The van der Waals surface area contributed by atoms with Gasteiger partial charge in [0, 0.05) is 31.6 Å². The molecule has 2 amide bonds. The summed E-state index contributed by atoms with van der Waals surface area (Å²) in [6.45, 7) is 10.1. The van der Waals surface area contributed by atoms with Crippen LogP contribution in [0.3, 0.4) is 0 Å². The fourth-order valence-corrected chi connectivity index (χ4v) is 4.21. The monoisotopic (exact) mass is 445 g/mol. The van der Waals surface area contributed by atoms with Crippen LogP contribution in [0, 0.1) is 5.92 Å². The van der Waals surface area contributed by atoms with E-state index in [0.29, 0.717) is 19.6 Å². The molecule has 0 atom stereocenters. The molecule has 162 valence electrons. The number of benzene rings is 1. The van der Waals surface area contributed by atoms with Crippen molar-refractivity contribution in [2.75, 3.05) is 19.6 Å². The van der Waals surface area contributed by atoms with E-state index in [4.69, 9.17) is 16.3 Å². The van der Waals surface area contributed by atoms with Crippen LogP contribution in [0.1, 0.15) is 45.0 Å². The van der Waals surface area contributed by atoms with E-state index in [1.807, 2.05) is 0 Å². The first kappa shape index (κ1) is 23.4. The Labute approximate surface area is 177 Å². The van der Waals surface area contributed by atoms with E-state index < -0.39 is 21.5 Å². The summed E-state index contributed by atoms with van der Waals surface area (Å²) in [5.41, 5.74) is -0.468. The summed E-state index contributed by atoms with van der Waals surface area (Å²) in [7, 11) is -3.74. The number of ether oxygens (including phenoxy) is 1. The molecule has 2 N–H and O–H groups in total. The molecule has 8 nitrogen and oxygen atoms in total. The number of sulfonamides is 1. The van der Waals surface area contributed by atoms with Gasteiger partial charge in [-0.2, -0.15) is 0 Å². The van der Waals surface area contributed by atoms with Crippen molar-refractivity contribution in [3.05, 3.63) is 28.8 Å². The third kappa shape index (κ3) is 6.58. The van der Waals surface area contributed by atoms with E-state index in [2.05, 4.69) is 10.0 Å². The van der Waals surface area contributed by atoms with Crippen LogP contribution in [-0.4, -0.2) is 56.6 Å². The SMILES string of the molecule is CC(C)NS(=O)(=O)c1ccc(Cl)c(C(=O)NCC2CN(C(=O)OC(C)(C)C)C2)c1. The summed E-state index contributed by atoms with van der Waals surface area (Å²) in [4.78, 5) is 26.0. The lowest BCUT2D eigenvalue weighted by atomic mass is 10.0. The van der Waals surface area contributed by atoms with Crippen LogP contribution in [0.4, 0.5) is 4.79 Å². The standard InChI is InChI=1S/C19H28ClN3O5S/c1-12(2)22-29(26,27)14-6-7-16(20)15(8-14)17(24)21-9-13-10-23(11-13)18(25)28-19(3,4)5/h6-8,12-13,22H,9-11H2,1-5H3,(H,21,24). The van der Waals surface area contributed by atoms with Crippen LogP contribution < -0.4 is 10.0 Å². The molecular weight excluding hydrogens is 418 g/mol. The molecule has 1 saturated heterocycles. The molecule has 29 heavy (non-hydrogen) atoms. The molecular formula is C19H28ClN3O5S. The van der Waals surface area contributed by atoms with Crippen molar-refractivity contribution in [1.82, 2.24) is 14.9 Å². The Bertz CT molecular complexity index is 874. The Morgan fingerprint density at radius 3 is 2.45 bits per heavy atom. The maximum Gasteiger partial charge on any atom is 0.410 e. The molecule has 1 heterocycles. The smallest absolute Gasteiger partial charge is 0.410 e. The highest BCUT2D eigenvalue weighted by atomic mass is 35.5. The molecule has 0 saturated carbocycles. The number of hydrogen-bond acceptors (Lipinski definition) is 5. The number of nitrogens with zero attached hydrogens (tertiary/aromatic N) is 1. The second-order valence-corrected chi connectivity index (χ2v) is 10.5. The van der Waals surface area contributed by atoms with Crippen LogP contribution in [0.25, 0.3) is 0 Å². The number of nitrogens with one attached hydrogen (secondary N) is 2. The molecule has 2 rings (SSSR count). The molecule has 0 aromatic heterocycles. The molecule has 10 heteroatoms. The lowest BCUT2D eigenvalue weighted by Gasteiger charge is -2.39. The largest absolute Gasteiger partial charge is 0.444 e. The number of likely N-dealkylation sites (tertiary alicyclic amines) is 1. The van der Waals surface area contributed by atoms with Gasteiger partial charge < -0.3 is 15.0 Å². The second kappa shape index (κ2) is 8.89. The minimum atomic E-state index is -3.74. The van der Waals surface area contributed by atoms with Gasteiger partial charge in [-0.3, -0.25) is 4.79 Å². The normalized spacial score (nSPS) is 15.2. The lowest BCUT2D eigenvalue weighted by molar-refractivity contribution is -0.000535. The Hall–Kier alpha value is -1.84. The van der Waals surface area contributed by atoms with Crippen molar-refractivity contribution in [3.8, 4) is 0 Å². The summed E-state index contributed by atoms with van der Waals surface area (Å²) in [6, 6.07) is 3.73. The summed E-state index contributed by atoms with van der Waals surface area (Å²) >= 11 is 6.09. The molecule has 1 fully saturated rings. The Kier molecular flexibility index (Phi) is 7.19. The fraction of sp³-hybridized carbons (Fsp3) is 0.579. The van der Waals surface area contributed by atoms with Gasteiger partial charge in [0.2, 0.25) is 10.0 Å². The Morgan fingerprint density at radius 1 is 1.28 bits per heavy atom. The first-order valence-corrected chi connectivity index (χ1v) is 11.2. The van der Waals surface area contributed by atoms with E-state index in [-0.39, 0.29) is 33.5 Å². The molecule has 1 aromatic carbocycles. The van der Waals surface area contributed by atoms with Crippen LogP contribution in [-0.2, 0) is 14.8 Å². The quantitative estimate of drug-likeness (QED) is 0.700. The minimum absolute atomic E-state index is 0.0273. The van der Waals surface area contributed by atoms with Gasteiger partial charge in [-0.25, -0.2) is 17.9 Å². The van der Waals surface area contributed by atoms with Gasteiger partial charge in [-0.1, -0.05) is 11.6 Å². The number of amides is 2. The molecule has 0 aliphatic carbocycles. The zero-order chi connectivity index (χ0) is 22.0. The van der Waals surface area contributed by atoms with Crippen molar-refractivity contribution in [1.29, 1.82) is 0 Å². The minimum Gasteiger partial charge on any atom is -0.444 e. The Balaban J connectivity index is 1.94. The van der Waals surface area contributed by atoms with Crippen molar-refractivity contribution >= 4 is 33.6 Å². The van der Waals surface area contributed by atoms with Gasteiger partial charge in [-0.05, 0) is 52.8 Å². The van der Waals surface area contributed by atoms with Gasteiger partial charge in [0.05, 0.1) is 15.5 Å². The topological polar surface area (TPSA) is 105 Å². The average Bonchev–Trinajstić information content (AvgIpc) is 2.50.